The lowest BCUT2D eigenvalue weighted by molar-refractivity contribution is 0.936. The van der Waals surface area contributed by atoms with Gasteiger partial charge in [0.25, 0.3) is 0 Å². The molecule has 0 bridgehead atoms. The first kappa shape index (κ1) is 12.3. The Morgan fingerprint density at radius 2 is 2.13 bits per heavy atom. The zero-order valence-corrected chi connectivity index (χ0v) is 10.7. The second-order valence-corrected chi connectivity index (χ2v) is 5.31. The van der Waals surface area contributed by atoms with Gasteiger partial charge in [0, 0.05) is 17.4 Å². The summed E-state index contributed by atoms with van der Waals surface area (Å²) in [4.78, 5) is 8.55. The molecule has 1 heterocycles. The van der Waals surface area contributed by atoms with Crippen LogP contribution in [0.5, 0.6) is 0 Å². The molecule has 4 heteroatoms. The maximum atomic E-state index is 4.30. The van der Waals surface area contributed by atoms with E-state index in [-0.39, 0.29) is 0 Å². The lowest BCUT2D eigenvalue weighted by atomic mass is 10.3. The smallest absolute Gasteiger partial charge is 0.133 e. The molecule has 0 saturated carbocycles. The third kappa shape index (κ3) is 3.70. The Bertz CT molecular complexity index is 313. The Hall–Kier alpha value is -0.770. The van der Waals surface area contributed by atoms with Gasteiger partial charge in [0.15, 0.2) is 0 Å². The molecular formula is C11H19N3S. The van der Waals surface area contributed by atoms with Crippen molar-refractivity contribution in [3.05, 3.63) is 11.9 Å². The van der Waals surface area contributed by atoms with Gasteiger partial charge in [0.05, 0.1) is 0 Å². The molecule has 0 atom stereocenters. The van der Waals surface area contributed by atoms with E-state index in [1.165, 1.54) is 0 Å². The van der Waals surface area contributed by atoms with Gasteiger partial charge in [-0.05, 0) is 13.3 Å². The number of hydrogen-bond donors (Lipinski definition) is 1. The number of hydrogen-bond acceptors (Lipinski definition) is 4. The summed E-state index contributed by atoms with van der Waals surface area (Å²) in [6.45, 7) is 9.52. The molecule has 0 radical (unpaired) electrons. The highest BCUT2D eigenvalue weighted by Gasteiger charge is 2.08. The molecular weight excluding hydrogens is 206 g/mol. The van der Waals surface area contributed by atoms with E-state index in [2.05, 4.69) is 43.0 Å². The van der Waals surface area contributed by atoms with E-state index in [1.54, 1.807) is 18.1 Å². The molecule has 0 unspecified atom stereocenters. The fraction of sp³-hybridized carbons (Fsp3) is 0.636. The van der Waals surface area contributed by atoms with Crippen LogP contribution in [0.15, 0.2) is 11.4 Å². The molecule has 0 amide bonds. The van der Waals surface area contributed by atoms with Crippen LogP contribution >= 0.6 is 11.8 Å². The minimum atomic E-state index is 0.553. The quantitative estimate of drug-likeness (QED) is 0.617. The van der Waals surface area contributed by atoms with Crippen molar-refractivity contribution in [3.8, 4) is 0 Å². The van der Waals surface area contributed by atoms with E-state index in [4.69, 9.17) is 0 Å². The topological polar surface area (TPSA) is 37.8 Å². The first-order chi connectivity index (χ1) is 7.15. The normalized spacial score (nSPS) is 10.7. The summed E-state index contributed by atoms with van der Waals surface area (Å²) in [5.41, 5.74) is 1.16. The summed E-state index contributed by atoms with van der Waals surface area (Å²) in [7, 11) is 0. The van der Waals surface area contributed by atoms with Gasteiger partial charge in [-0.15, -0.1) is 11.8 Å². The number of rotatable bonds is 5. The first-order valence-corrected chi connectivity index (χ1v) is 6.25. The highest BCUT2D eigenvalue weighted by atomic mass is 32.2. The second kappa shape index (κ2) is 5.95. The number of thioether (sulfide) groups is 1. The molecule has 1 aromatic rings. The van der Waals surface area contributed by atoms with E-state index in [9.17, 15) is 0 Å². The van der Waals surface area contributed by atoms with Gasteiger partial charge < -0.3 is 5.32 Å². The molecule has 15 heavy (non-hydrogen) atoms. The van der Waals surface area contributed by atoms with Crippen molar-refractivity contribution < 1.29 is 0 Å². The van der Waals surface area contributed by atoms with Crippen LogP contribution in [0.1, 0.15) is 32.8 Å². The SMILES string of the molecule is CCCNc1ncnc(SC(C)C)c1C. The van der Waals surface area contributed by atoms with Crippen LogP contribution in [0.2, 0.25) is 0 Å². The van der Waals surface area contributed by atoms with Crippen molar-refractivity contribution in [2.75, 3.05) is 11.9 Å². The van der Waals surface area contributed by atoms with Crippen LogP contribution in [-0.4, -0.2) is 21.8 Å². The Morgan fingerprint density at radius 1 is 1.40 bits per heavy atom. The van der Waals surface area contributed by atoms with Gasteiger partial charge in [-0.3, -0.25) is 0 Å². The predicted molar refractivity (Wildman–Crippen MR) is 66.5 cm³/mol. The molecule has 0 spiro atoms. The fourth-order valence-electron chi connectivity index (χ4n) is 1.20. The average Bonchev–Trinajstić information content (AvgIpc) is 2.19. The lowest BCUT2D eigenvalue weighted by Crippen LogP contribution is -2.05. The summed E-state index contributed by atoms with van der Waals surface area (Å²) < 4.78 is 0. The van der Waals surface area contributed by atoms with E-state index < -0.39 is 0 Å². The predicted octanol–water partition coefficient (Wildman–Crippen LogP) is 3.11. The van der Waals surface area contributed by atoms with Crippen LogP contribution in [0.4, 0.5) is 5.82 Å². The summed E-state index contributed by atoms with van der Waals surface area (Å²) in [5, 5.41) is 4.95. The van der Waals surface area contributed by atoms with E-state index in [1.807, 2.05) is 0 Å². The van der Waals surface area contributed by atoms with Crippen LogP contribution in [0.3, 0.4) is 0 Å². The molecule has 1 N–H and O–H groups in total. The average molecular weight is 225 g/mol. The maximum Gasteiger partial charge on any atom is 0.133 e. The van der Waals surface area contributed by atoms with Crippen LogP contribution in [0, 0.1) is 6.92 Å². The van der Waals surface area contributed by atoms with E-state index in [0.717, 1.165) is 29.4 Å². The molecule has 0 aromatic carbocycles. The fourth-order valence-corrected chi connectivity index (χ4v) is 2.03. The summed E-state index contributed by atoms with van der Waals surface area (Å²) >= 11 is 1.78. The molecule has 0 aliphatic heterocycles. The molecule has 0 aliphatic rings. The Kier molecular flexibility index (Phi) is 4.88. The number of nitrogens with zero attached hydrogens (tertiary/aromatic N) is 2. The molecule has 84 valence electrons. The van der Waals surface area contributed by atoms with Gasteiger partial charge in [0.2, 0.25) is 0 Å². The highest BCUT2D eigenvalue weighted by Crippen LogP contribution is 2.26. The van der Waals surface area contributed by atoms with Crippen LogP contribution < -0.4 is 5.32 Å². The van der Waals surface area contributed by atoms with Crippen molar-refractivity contribution in [2.45, 2.75) is 44.4 Å². The van der Waals surface area contributed by atoms with Crippen LogP contribution in [0.25, 0.3) is 0 Å². The third-order valence-corrected chi connectivity index (χ3v) is 3.03. The Morgan fingerprint density at radius 3 is 2.73 bits per heavy atom. The minimum absolute atomic E-state index is 0.553. The van der Waals surface area contributed by atoms with Gasteiger partial charge in [-0.25, -0.2) is 9.97 Å². The van der Waals surface area contributed by atoms with Gasteiger partial charge in [-0.2, -0.15) is 0 Å². The highest BCUT2D eigenvalue weighted by molar-refractivity contribution is 7.99. The van der Waals surface area contributed by atoms with E-state index >= 15 is 0 Å². The molecule has 1 rings (SSSR count). The number of anilines is 1. The first-order valence-electron chi connectivity index (χ1n) is 5.37. The number of nitrogens with one attached hydrogen (secondary N) is 1. The minimum Gasteiger partial charge on any atom is -0.370 e. The van der Waals surface area contributed by atoms with Crippen LogP contribution in [-0.2, 0) is 0 Å². The molecule has 0 saturated heterocycles. The molecule has 0 fully saturated rings. The second-order valence-electron chi connectivity index (χ2n) is 3.75. The van der Waals surface area contributed by atoms with Crippen molar-refractivity contribution >= 4 is 17.6 Å². The Balaban J connectivity index is 2.80. The van der Waals surface area contributed by atoms with Gasteiger partial charge >= 0.3 is 0 Å². The van der Waals surface area contributed by atoms with Crippen molar-refractivity contribution in [1.29, 1.82) is 0 Å². The third-order valence-electron chi connectivity index (χ3n) is 1.93. The number of aromatic nitrogens is 2. The molecule has 0 aliphatic carbocycles. The zero-order chi connectivity index (χ0) is 11.3. The standard InChI is InChI=1S/C11H19N3S/c1-5-6-12-10-9(4)11(14-7-13-10)15-8(2)3/h7-8H,5-6H2,1-4H3,(H,12,13,14). The maximum absolute atomic E-state index is 4.30. The van der Waals surface area contributed by atoms with Gasteiger partial charge in [0.1, 0.15) is 17.2 Å². The summed E-state index contributed by atoms with van der Waals surface area (Å²) in [5.74, 6) is 0.968. The largest absolute Gasteiger partial charge is 0.370 e. The van der Waals surface area contributed by atoms with Crippen molar-refractivity contribution in [2.24, 2.45) is 0 Å². The molecule has 3 nitrogen and oxygen atoms in total. The summed E-state index contributed by atoms with van der Waals surface area (Å²) in [6.07, 6.45) is 2.74. The van der Waals surface area contributed by atoms with E-state index in [0.29, 0.717) is 5.25 Å². The molecule has 1 aromatic heterocycles. The Labute approximate surface area is 96.1 Å². The zero-order valence-electron chi connectivity index (χ0n) is 9.87. The monoisotopic (exact) mass is 225 g/mol. The lowest BCUT2D eigenvalue weighted by Gasteiger charge is -2.11. The van der Waals surface area contributed by atoms with Gasteiger partial charge in [-0.1, -0.05) is 20.8 Å². The van der Waals surface area contributed by atoms with Crippen molar-refractivity contribution in [3.63, 3.8) is 0 Å². The summed E-state index contributed by atoms with van der Waals surface area (Å²) in [6, 6.07) is 0. The van der Waals surface area contributed by atoms with Crippen molar-refractivity contribution in [1.82, 2.24) is 9.97 Å².